The zero-order chi connectivity index (χ0) is 16.4. The van der Waals surface area contributed by atoms with Crippen molar-refractivity contribution in [1.82, 2.24) is 4.72 Å². The number of halogens is 1. The van der Waals surface area contributed by atoms with Gasteiger partial charge in [0.1, 0.15) is 10.6 Å². The summed E-state index contributed by atoms with van der Waals surface area (Å²) in [5.74, 6) is 0.689. The summed E-state index contributed by atoms with van der Waals surface area (Å²) in [5.41, 5.74) is 0.993. The molecule has 0 unspecified atom stereocenters. The van der Waals surface area contributed by atoms with Crippen LogP contribution in [0, 0.1) is 5.92 Å². The summed E-state index contributed by atoms with van der Waals surface area (Å²) in [6.07, 6.45) is 2.08. The Kier molecular flexibility index (Phi) is 4.75. The van der Waals surface area contributed by atoms with Crippen LogP contribution in [0.2, 0.25) is 0 Å². The van der Waals surface area contributed by atoms with E-state index in [1.54, 1.807) is 18.2 Å². The van der Waals surface area contributed by atoms with Gasteiger partial charge in [0.25, 0.3) is 0 Å². The Morgan fingerprint density at radius 2 is 1.87 bits per heavy atom. The van der Waals surface area contributed by atoms with Crippen molar-refractivity contribution in [2.24, 2.45) is 5.92 Å². The van der Waals surface area contributed by atoms with Crippen molar-refractivity contribution >= 4 is 26.0 Å². The van der Waals surface area contributed by atoms with Crippen LogP contribution in [0.3, 0.4) is 0 Å². The third-order valence-electron chi connectivity index (χ3n) is 3.95. The second-order valence-electron chi connectivity index (χ2n) is 5.64. The Bertz CT molecular complexity index is 789. The predicted molar refractivity (Wildman–Crippen MR) is 92.9 cm³/mol. The fraction of sp³-hybridized carbons (Fsp3) is 0.294. The molecule has 0 saturated heterocycles. The maximum absolute atomic E-state index is 12.9. The van der Waals surface area contributed by atoms with E-state index < -0.39 is 10.0 Å². The number of hydrogen-bond donors (Lipinski definition) is 1. The van der Waals surface area contributed by atoms with Crippen molar-refractivity contribution in [1.29, 1.82) is 0 Å². The van der Waals surface area contributed by atoms with Gasteiger partial charge in [0.15, 0.2) is 0 Å². The molecular formula is C17H18BrNO3S. The standard InChI is InChI=1S/C17H18BrNO3S/c1-22-15-10-9-14(18)11-16(15)23(20,21)19-17(13-7-8-13)12-5-3-2-4-6-12/h2-6,9-11,13,17,19H,7-8H2,1H3/t17-/m1/s1. The molecule has 0 aliphatic heterocycles. The van der Waals surface area contributed by atoms with Crippen LogP contribution >= 0.6 is 15.9 Å². The molecule has 1 aliphatic carbocycles. The van der Waals surface area contributed by atoms with Crippen LogP contribution in [0.5, 0.6) is 5.75 Å². The fourth-order valence-electron chi connectivity index (χ4n) is 2.62. The van der Waals surface area contributed by atoms with Gasteiger partial charge >= 0.3 is 0 Å². The third-order valence-corrected chi connectivity index (χ3v) is 5.90. The van der Waals surface area contributed by atoms with E-state index >= 15 is 0 Å². The summed E-state index contributed by atoms with van der Waals surface area (Å²) >= 11 is 3.32. The largest absolute Gasteiger partial charge is 0.495 e. The van der Waals surface area contributed by atoms with Crippen LogP contribution < -0.4 is 9.46 Å². The number of sulfonamides is 1. The highest BCUT2D eigenvalue weighted by atomic mass is 79.9. The van der Waals surface area contributed by atoms with E-state index in [1.165, 1.54) is 7.11 Å². The molecule has 0 amide bonds. The zero-order valence-corrected chi connectivity index (χ0v) is 15.1. The molecule has 2 aromatic carbocycles. The van der Waals surface area contributed by atoms with Gasteiger partial charge in [-0.2, -0.15) is 0 Å². The van der Waals surface area contributed by atoms with Crippen LogP contribution in [-0.4, -0.2) is 15.5 Å². The van der Waals surface area contributed by atoms with Gasteiger partial charge in [-0.05, 0) is 42.5 Å². The molecule has 6 heteroatoms. The van der Waals surface area contributed by atoms with Gasteiger partial charge in [-0.15, -0.1) is 0 Å². The number of nitrogens with one attached hydrogen (secondary N) is 1. The number of hydrogen-bond acceptors (Lipinski definition) is 3. The molecule has 0 radical (unpaired) electrons. The Morgan fingerprint density at radius 1 is 1.17 bits per heavy atom. The number of methoxy groups -OCH3 is 1. The average Bonchev–Trinajstić information content (AvgIpc) is 3.38. The fourth-order valence-corrected chi connectivity index (χ4v) is 4.62. The maximum atomic E-state index is 12.9. The Balaban J connectivity index is 1.95. The number of ether oxygens (including phenoxy) is 1. The molecule has 0 bridgehead atoms. The average molecular weight is 396 g/mol. The van der Waals surface area contributed by atoms with E-state index in [9.17, 15) is 8.42 Å². The van der Waals surface area contributed by atoms with E-state index in [0.29, 0.717) is 16.1 Å². The quantitative estimate of drug-likeness (QED) is 0.806. The summed E-state index contributed by atoms with van der Waals surface area (Å²) in [4.78, 5) is 0.149. The minimum absolute atomic E-state index is 0.149. The van der Waals surface area contributed by atoms with E-state index in [4.69, 9.17) is 4.74 Å². The molecule has 3 rings (SSSR count). The first-order valence-electron chi connectivity index (χ1n) is 7.42. The van der Waals surface area contributed by atoms with Gasteiger partial charge in [0.2, 0.25) is 10.0 Å². The molecule has 1 atom stereocenters. The molecule has 1 saturated carbocycles. The van der Waals surface area contributed by atoms with Crippen LogP contribution in [0.15, 0.2) is 57.9 Å². The molecule has 122 valence electrons. The summed E-state index contributed by atoms with van der Waals surface area (Å²) in [6.45, 7) is 0. The Hall–Kier alpha value is -1.37. The SMILES string of the molecule is COc1ccc(Br)cc1S(=O)(=O)N[C@H](c1ccccc1)C1CC1. The molecule has 4 nitrogen and oxygen atoms in total. The van der Waals surface area contributed by atoms with Gasteiger partial charge in [0.05, 0.1) is 7.11 Å². The van der Waals surface area contributed by atoms with Crippen LogP contribution in [-0.2, 0) is 10.0 Å². The number of benzene rings is 2. The van der Waals surface area contributed by atoms with Crippen LogP contribution in [0.4, 0.5) is 0 Å². The zero-order valence-electron chi connectivity index (χ0n) is 12.7. The first-order valence-corrected chi connectivity index (χ1v) is 9.69. The lowest BCUT2D eigenvalue weighted by Crippen LogP contribution is -2.30. The third kappa shape index (κ3) is 3.76. The summed E-state index contributed by atoms with van der Waals surface area (Å²) in [5, 5.41) is 0. The van der Waals surface area contributed by atoms with Crippen molar-refractivity contribution in [2.75, 3.05) is 7.11 Å². The first-order chi connectivity index (χ1) is 11.0. The van der Waals surface area contributed by atoms with Crippen LogP contribution in [0.25, 0.3) is 0 Å². The second kappa shape index (κ2) is 6.63. The van der Waals surface area contributed by atoms with Gasteiger partial charge in [-0.1, -0.05) is 46.3 Å². The van der Waals surface area contributed by atoms with Crippen molar-refractivity contribution in [3.8, 4) is 5.75 Å². The van der Waals surface area contributed by atoms with Crippen LogP contribution in [0.1, 0.15) is 24.4 Å². The van der Waals surface area contributed by atoms with Gasteiger partial charge in [0, 0.05) is 10.5 Å². The van der Waals surface area contributed by atoms with Crippen molar-refractivity contribution < 1.29 is 13.2 Å². The molecule has 0 spiro atoms. The van der Waals surface area contributed by atoms with Gasteiger partial charge in [-0.3, -0.25) is 0 Å². The minimum Gasteiger partial charge on any atom is -0.495 e. The Labute approximate surface area is 145 Å². The second-order valence-corrected chi connectivity index (χ2v) is 8.24. The first kappa shape index (κ1) is 16.5. The molecule has 0 aromatic heterocycles. The lowest BCUT2D eigenvalue weighted by molar-refractivity contribution is 0.401. The highest BCUT2D eigenvalue weighted by Crippen LogP contribution is 2.42. The van der Waals surface area contributed by atoms with Crippen molar-refractivity contribution in [2.45, 2.75) is 23.8 Å². The molecule has 2 aromatic rings. The molecule has 1 aliphatic rings. The molecule has 1 fully saturated rings. The molecular weight excluding hydrogens is 378 g/mol. The normalized spacial score (nSPS) is 16.1. The number of rotatable bonds is 6. The van der Waals surface area contributed by atoms with E-state index in [2.05, 4.69) is 20.7 Å². The topological polar surface area (TPSA) is 55.4 Å². The monoisotopic (exact) mass is 395 g/mol. The highest BCUT2D eigenvalue weighted by Gasteiger charge is 2.36. The lowest BCUT2D eigenvalue weighted by Gasteiger charge is -2.20. The highest BCUT2D eigenvalue weighted by molar-refractivity contribution is 9.10. The lowest BCUT2D eigenvalue weighted by atomic mass is 10.0. The minimum atomic E-state index is -3.68. The van der Waals surface area contributed by atoms with Gasteiger partial charge < -0.3 is 4.74 Å². The molecule has 0 heterocycles. The van der Waals surface area contributed by atoms with E-state index in [1.807, 2.05) is 30.3 Å². The van der Waals surface area contributed by atoms with Gasteiger partial charge in [-0.25, -0.2) is 13.1 Å². The summed E-state index contributed by atoms with van der Waals surface area (Å²) in [6, 6.07) is 14.5. The Morgan fingerprint density at radius 3 is 2.48 bits per heavy atom. The summed E-state index contributed by atoms with van der Waals surface area (Å²) < 4.78 is 34.5. The predicted octanol–water partition coefficient (Wildman–Crippen LogP) is 3.89. The summed E-state index contributed by atoms with van der Waals surface area (Å²) in [7, 11) is -2.21. The van der Waals surface area contributed by atoms with Crippen molar-refractivity contribution in [3.63, 3.8) is 0 Å². The molecule has 23 heavy (non-hydrogen) atoms. The maximum Gasteiger partial charge on any atom is 0.244 e. The molecule has 1 N–H and O–H groups in total. The van der Waals surface area contributed by atoms with E-state index in [0.717, 1.165) is 18.4 Å². The smallest absolute Gasteiger partial charge is 0.244 e. The van der Waals surface area contributed by atoms with Crippen molar-refractivity contribution in [3.05, 3.63) is 58.6 Å². The van der Waals surface area contributed by atoms with E-state index in [-0.39, 0.29) is 10.9 Å².